The van der Waals surface area contributed by atoms with Gasteiger partial charge in [0.15, 0.2) is 11.6 Å². The average molecular weight is 409 g/mol. The molecule has 0 radical (unpaired) electrons. The molecule has 152 valence electrons. The molecule has 1 N–H and O–H groups in total. The van der Waals surface area contributed by atoms with Gasteiger partial charge >= 0.3 is 0 Å². The van der Waals surface area contributed by atoms with Gasteiger partial charge in [0.2, 0.25) is 21.8 Å². The van der Waals surface area contributed by atoms with Crippen LogP contribution in [0.15, 0.2) is 13.9 Å². The van der Waals surface area contributed by atoms with Crippen molar-refractivity contribution < 1.29 is 22.3 Å². The van der Waals surface area contributed by atoms with Crippen LogP contribution >= 0.6 is 0 Å². The SMILES string of the molecule is Cc1noc([C@H]2CCN(S(=O)(=O)c3c(C)noc3C)C[C@H]2NC(=O)C2CC2)n1. The summed E-state index contributed by atoms with van der Waals surface area (Å²) >= 11 is 0. The van der Waals surface area contributed by atoms with Gasteiger partial charge in [-0.15, -0.1) is 0 Å². The molecule has 1 aliphatic carbocycles. The van der Waals surface area contributed by atoms with E-state index in [-0.39, 0.29) is 41.5 Å². The highest BCUT2D eigenvalue weighted by molar-refractivity contribution is 7.89. The van der Waals surface area contributed by atoms with Crippen molar-refractivity contribution >= 4 is 15.9 Å². The van der Waals surface area contributed by atoms with Crippen molar-refractivity contribution in [3.63, 3.8) is 0 Å². The van der Waals surface area contributed by atoms with Crippen LogP contribution in [0.5, 0.6) is 0 Å². The highest BCUT2D eigenvalue weighted by Gasteiger charge is 2.42. The number of hydrogen-bond donors (Lipinski definition) is 1. The molecule has 2 aromatic rings. The lowest BCUT2D eigenvalue weighted by Gasteiger charge is -2.36. The van der Waals surface area contributed by atoms with Gasteiger partial charge in [-0.1, -0.05) is 10.3 Å². The first-order valence-electron chi connectivity index (χ1n) is 9.31. The summed E-state index contributed by atoms with van der Waals surface area (Å²) in [5.41, 5.74) is 0.325. The van der Waals surface area contributed by atoms with E-state index >= 15 is 0 Å². The molecule has 11 heteroatoms. The van der Waals surface area contributed by atoms with Crippen molar-refractivity contribution in [2.45, 2.75) is 56.9 Å². The summed E-state index contributed by atoms with van der Waals surface area (Å²) < 4.78 is 38.1. The molecule has 0 spiro atoms. The molecule has 0 bridgehead atoms. The molecule has 2 fully saturated rings. The predicted octanol–water partition coefficient (Wildman–Crippen LogP) is 1.06. The number of amides is 1. The number of aryl methyl sites for hydroxylation is 3. The maximum absolute atomic E-state index is 13.2. The van der Waals surface area contributed by atoms with Crippen molar-refractivity contribution in [1.82, 2.24) is 24.9 Å². The molecule has 1 saturated heterocycles. The van der Waals surface area contributed by atoms with E-state index in [1.54, 1.807) is 20.8 Å². The Labute approximate surface area is 162 Å². The largest absolute Gasteiger partial charge is 0.360 e. The van der Waals surface area contributed by atoms with Gasteiger partial charge in [-0.05, 0) is 40.0 Å². The smallest absolute Gasteiger partial charge is 0.248 e. The van der Waals surface area contributed by atoms with E-state index < -0.39 is 16.1 Å². The average Bonchev–Trinajstić information content (AvgIpc) is 3.33. The van der Waals surface area contributed by atoms with Crippen LogP contribution in [0.25, 0.3) is 0 Å². The topological polar surface area (TPSA) is 131 Å². The van der Waals surface area contributed by atoms with E-state index in [2.05, 4.69) is 20.6 Å². The van der Waals surface area contributed by atoms with Crippen LogP contribution in [0, 0.1) is 26.7 Å². The summed E-state index contributed by atoms with van der Waals surface area (Å²) in [4.78, 5) is 16.8. The molecule has 28 heavy (non-hydrogen) atoms. The lowest BCUT2D eigenvalue weighted by Crippen LogP contribution is -2.53. The van der Waals surface area contributed by atoms with E-state index in [1.807, 2.05) is 0 Å². The van der Waals surface area contributed by atoms with Crippen molar-refractivity contribution in [2.24, 2.45) is 5.92 Å². The Bertz CT molecular complexity index is 974. The summed E-state index contributed by atoms with van der Waals surface area (Å²) in [5.74, 6) is 0.911. The van der Waals surface area contributed by atoms with Gasteiger partial charge in [0, 0.05) is 19.0 Å². The number of piperidine rings is 1. The molecule has 4 rings (SSSR count). The molecule has 3 heterocycles. The van der Waals surface area contributed by atoms with Crippen molar-refractivity contribution in [1.29, 1.82) is 0 Å². The van der Waals surface area contributed by atoms with Gasteiger partial charge < -0.3 is 14.4 Å². The Balaban J connectivity index is 1.61. The van der Waals surface area contributed by atoms with Crippen molar-refractivity contribution in [3.8, 4) is 0 Å². The van der Waals surface area contributed by atoms with E-state index in [0.29, 0.717) is 23.8 Å². The summed E-state index contributed by atoms with van der Waals surface area (Å²) in [5, 5.41) is 10.6. The maximum Gasteiger partial charge on any atom is 0.248 e. The second-order valence-corrected chi connectivity index (χ2v) is 9.36. The van der Waals surface area contributed by atoms with Crippen LogP contribution in [-0.4, -0.2) is 53.1 Å². The number of carbonyl (C=O) groups is 1. The van der Waals surface area contributed by atoms with E-state index in [4.69, 9.17) is 9.05 Å². The predicted molar refractivity (Wildman–Crippen MR) is 95.8 cm³/mol. The highest BCUT2D eigenvalue weighted by atomic mass is 32.2. The van der Waals surface area contributed by atoms with Crippen molar-refractivity contribution in [2.75, 3.05) is 13.1 Å². The van der Waals surface area contributed by atoms with Crippen molar-refractivity contribution in [3.05, 3.63) is 23.2 Å². The zero-order chi connectivity index (χ0) is 20.1. The standard InChI is InChI=1S/C17H23N5O5S/c1-9-15(10(2)26-20-9)28(24,25)22-7-6-13(17-18-11(3)21-27-17)14(8-22)19-16(23)12-4-5-12/h12-14H,4-8H2,1-3H3,(H,19,23)/t13-,14+/m0/s1. The normalized spacial score (nSPS) is 23.7. The van der Waals surface area contributed by atoms with E-state index in [1.165, 1.54) is 4.31 Å². The third-order valence-corrected chi connectivity index (χ3v) is 7.39. The molecule has 2 aromatic heterocycles. The fourth-order valence-electron chi connectivity index (χ4n) is 3.66. The lowest BCUT2D eigenvalue weighted by atomic mass is 9.92. The van der Waals surface area contributed by atoms with Gasteiger partial charge in [-0.25, -0.2) is 8.42 Å². The summed E-state index contributed by atoms with van der Waals surface area (Å²) in [6, 6.07) is -0.447. The number of rotatable bonds is 5. The van der Waals surface area contributed by atoms with E-state index in [0.717, 1.165) is 12.8 Å². The van der Waals surface area contributed by atoms with Crippen LogP contribution < -0.4 is 5.32 Å². The fraction of sp³-hybridized carbons (Fsp3) is 0.647. The van der Waals surface area contributed by atoms with Crippen LogP contribution in [0.1, 0.15) is 48.3 Å². The fourth-order valence-corrected chi connectivity index (χ4v) is 5.44. The molecular formula is C17H23N5O5S. The second kappa shape index (κ2) is 6.96. The maximum atomic E-state index is 13.2. The Kier molecular flexibility index (Phi) is 4.74. The second-order valence-electron chi connectivity index (χ2n) is 7.48. The molecule has 2 atom stereocenters. The minimum absolute atomic E-state index is 0.0135. The molecule has 1 amide bonds. The van der Waals surface area contributed by atoms with Crippen LogP contribution in [0.2, 0.25) is 0 Å². The van der Waals surface area contributed by atoms with Gasteiger partial charge in [-0.2, -0.15) is 9.29 Å². The highest BCUT2D eigenvalue weighted by Crippen LogP contribution is 2.34. The number of aromatic nitrogens is 3. The molecule has 0 aromatic carbocycles. The van der Waals surface area contributed by atoms with Gasteiger partial charge in [0.05, 0.1) is 12.0 Å². The van der Waals surface area contributed by atoms with Gasteiger partial charge in [0.1, 0.15) is 10.6 Å². The zero-order valence-electron chi connectivity index (χ0n) is 16.0. The minimum Gasteiger partial charge on any atom is -0.360 e. The Morgan fingerprint density at radius 3 is 2.46 bits per heavy atom. The number of carbonyl (C=O) groups excluding carboxylic acids is 1. The number of nitrogens with zero attached hydrogens (tertiary/aromatic N) is 4. The van der Waals surface area contributed by atoms with Crippen LogP contribution in [-0.2, 0) is 14.8 Å². The van der Waals surface area contributed by atoms with E-state index in [9.17, 15) is 13.2 Å². The summed E-state index contributed by atoms with van der Waals surface area (Å²) in [7, 11) is -3.79. The first kappa shape index (κ1) is 19.1. The van der Waals surface area contributed by atoms with Crippen LogP contribution in [0.3, 0.4) is 0 Å². The first-order chi connectivity index (χ1) is 13.3. The molecule has 1 aliphatic heterocycles. The summed E-state index contributed by atoms with van der Waals surface area (Å²) in [6.07, 6.45) is 2.19. The minimum atomic E-state index is -3.79. The Morgan fingerprint density at radius 2 is 1.89 bits per heavy atom. The third kappa shape index (κ3) is 3.44. The Hall–Kier alpha value is -2.27. The van der Waals surface area contributed by atoms with Gasteiger partial charge in [0.25, 0.3) is 0 Å². The van der Waals surface area contributed by atoms with Crippen LogP contribution in [0.4, 0.5) is 0 Å². The number of hydrogen-bond acceptors (Lipinski definition) is 8. The summed E-state index contributed by atoms with van der Waals surface area (Å²) in [6.45, 7) is 5.30. The number of sulfonamides is 1. The Morgan fingerprint density at radius 1 is 1.14 bits per heavy atom. The molecule has 2 aliphatic rings. The lowest BCUT2D eigenvalue weighted by molar-refractivity contribution is -0.123. The monoisotopic (exact) mass is 409 g/mol. The first-order valence-corrected chi connectivity index (χ1v) is 10.7. The third-order valence-electron chi connectivity index (χ3n) is 5.28. The number of nitrogens with one attached hydrogen (secondary N) is 1. The molecule has 0 unspecified atom stereocenters. The molecule has 1 saturated carbocycles. The molecule has 10 nitrogen and oxygen atoms in total. The quantitative estimate of drug-likeness (QED) is 0.775. The molecular weight excluding hydrogens is 386 g/mol. The van der Waals surface area contributed by atoms with Gasteiger partial charge in [-0.3, -0.25) is 4.79 Å². The zero-order valence-corrected chi connectivity index (χ0v) is 16.8.